The van der Waals surface area contributed by atoms with Gasteiger partial charge in [0.05, 0.1) is 11.0 Å². The summed E-state index contributed by atoms with van der Waals surface area (Å²) in [6.45, 7) is 0.371. The molecule has 1 heterocycles. The first kappa shape index (κ1) is 15.3. The molecule has 1 aliphatic carbocycles. The molecule has 0 unspecified atom stereocenters. The van der Waals surface area contributed by atoms with Crippen molar-refractivity contribution in [2.24, 2.45) is 5.41 Å². The van der Waals surface area contributed by atoms with Crippen LogP contribution in [0, 0.1) is 5.41 Å². The highest BCUT2D eigenvalue weighted by molar-refractivity contribution is 5.93. The highest BCUT2D eigenvalue weighted by Gasteiger charge is 2.41. The molecule has 0 aromatic carbocycles. The fourth-order valence-corrected chi connectivity index (χ4v) is 2.66. The van der Waals surface area contributed by atoms with Crippen LogP contribution in [-0.2, 0) is 4.79 Å². The van der Waals surface area contributed by atoms with Gasteiger partial charge in [0.25, 0.3) is 5.91 Å². The van der Waals surface area contributed by atoms with E-state index >= 15 is 0 Å². The number of carboxylic acid groups (broad SMARTS) is 1. The minimum absolute atomic E-state index is 0.105. The number of nitrogens with one attached hydrogen (secondary N) is 1. The molecule has 6 nitrogen and oxygen atoms in total. The molecule has 1 aliphatic rings. The lowest BCUT2D eigenvalue weighted by Gasteiger charge is -2.24. The van der Waals surface area contributed by atoms with Crippen molar-refractivity contribution in [3.8, 4) is 0 Å². The van der Waals surface area contributed by atoms with Gasteiger partial charge in [0, 0.05) is 26.8 Å². The van der Waals surface area contributed by atoms with Gasteiger partial charge in [0.1, 0.15) is 5.82 Å². The van der Waals surface area contributed by atoms with Crippen LogP contribution in [-0.4, -0.2) is 47.5 Å². The van der Waals surface area contributed by atoms with Gasteiger partial charge in [-0.15, -0.1) is 0 Å². The van der Waals surface area contributed by atoms with E-state index in [1.807, 2.05) is 0 Å². The molecule has 0 atom stereocenters. The Morgan fingerprint density at radius 1 is 1.33 bits per heavy atom. The second-order valence-electron chi connectivity index (χ2n) is 5.78. The second kappa shape index (κ2) is 6.11. The summed E-state index contributed by atoms with van der Waals surface area (Å²) in [5, 5.41) is 12.5. The molecular weight excluding hydrogens is 270 g/mol. The number of amides is 1. The van der Waals surface area contributed by atoms with Crippen LogP contribution in [0.1, 0.15) is 36.0 Å². The average molecular weight is 291 g/mol. The molecule has 0 spiro atoms. The molecule has 114 valence electrons. The van der Waals surface area contributed by atoms with Gasteiger partial charge in [-0.2, -0.15) is 0 Å². The van der Waals surface area contributed by atoms with Crippen LogP contribution < -0.4 is 5.32 Å². The number of aliphatic carboxylic acids is 1. The number of carboxylic acids is 1. The summed E-state index contributed by atoms with van der Waals surface area (Å²) in [5.74, 6) is -0.253. The van der Waals surface area contributed by atoms with Gasteiger partial charge in [0.2, 0.25) is 0 Å². The summed E-state index contributed by atoms with van der Waals surface area (Å²) in [6, 6.07) is 3.40. The van der Waals surface area contributed by atoms with E-state index in [2.05, 4.69) is 10.3 Å². The van der Waals surface area contributed by atoms with E-state index in [-0.39, 0.29) is 5.91 Å². The van der Waals surface area contributed by atoms with Crippen molar-refractivity contribution in [3.63, 3.8) is 0 Å². The van der Waals surface area contributed by atoms with Crippen LogP contribution in [0.15, 0.2) is 18.3 Å². The van der Waals surface area contributed by atoms with Crippen molar-refractivity contribution >= 4 is 17.7 Å². The van der Waals surface area contributed by atoms with E-state index in [4.69, 9.17) is 0 Å². The van der Waals surface area contributed by atoms with Crippen LogP contribution >= 0.6 is 0 Å². The first-order valence-electron chi connectivity index (χ1n) is 7.10. The molecule has 2 rings (SSSR count). The zero-order valence-electron chi connectivity index (χ0n) is 12.4. The zero-order chi connectivity index (χ0) is 15.5. The van der Waals surface area contributed by atoms with Gasteiger partial charge in [-0.05, 0) is 25.0 Å². The van der Waals surface area contributed by atoms with E-state index in [1.165, 1.54) is 11.1 Å². The number of pyridine rings is 1. The van der Waals surface area contributed by atoms with Gasteiger partial charge in [-0.25, -0.2) is 4.98 Å². The molecule has 0 bridgehead atoms. The van der Waals surface area contributed by atoms with Gasteiger partial charge >= 0.3 is 5.97 Å². The normalized spacial score (nSPS) is 16.5. The van der Waals surface area contributed by atoms with E-state index in [0.717, 1.165) is 12.8 Å². The number of carbonyl (C=O) groups excluding carboxylic acids is 1. The van der Waals surface area contributed by atoms with Crippen molar-refractivity contribution in [3.05, 3.63) is 23.9 Å². The van der Waals surface area contributed by atoms with Crippen molar-refractivity contribution in [2.45, 2.75) is 25.7 Å². The number of nitrogens with zero attached hydrogens (tertiary/aromatic N) is 2. The maximum absolute atomic E-state index is 11.8. The third-order valence-corrected chi connectivity index (χ3v) is 4.04. The summed E-state index contributed by atoms with van der Waals surface area (Å²) in [6.07, 6.45) is 4.82. The predicted molar refractivity (Wildman–Crippen MR) is 79.3 cm³/mol. The predicted octanol–water partition coefficient (Wildman–Crippen LogP) is 1.84. The molecular formula is C15H21N3O3. The Kier molecular flexibility index (Phi) is 4.45. The monoisotopic (exact) mass is 291 g/mol. The first-order valence-corrected chi connectivity index (χ1v) is 7.10. The maximum Gasteiger partial charge on any atom is 0.311 e. The summed E-state index contributed by atoms with van der Waals surface area (Å²) in [5.41, 5.74) is -0.167. The third-order valence-electron chi connectivity index (χ3n) is 4.04. The van der Waals surface area contributed by atoms with Crippen LogP contribution in [0.4, 0.5) is 5.82 Å². The van der Waals surface area contributed by atoms with Gasteiger partial charge in [-0.1, -0.05) is 12.8 Å². The number of rotatable bonds is 5. The molecule has 0 radical (unpaired) electrons. The molecule has 1 saturated carbocycles. The molecule has 0 saturated heterocycles. The van der Waals surface area contributed by atoms with Crippen molar-refractivity contribution < 1.29 is 14.7 Å². The van der Waals surface area contributed by atoms with E-state index in [0.29, 0.717) is 30.8 Å². The summed E-state index contributed by atoms with van der Waals surface area (Å²) in [4.78, 5) is 28.9. The van der Waals surface area contributed by atoms with E-state index in [1.54, 1.807) is 26.2 Å². The number of anilines is 1. The zero-order valence-corrected chi connectivity index (χ0v) is 12.4. The summed E-state index contributed by atoms with van der Waals surface area (Å²) >= 11 is 0. The van der Waals surface area contributed by atoms with Crippen molar-refractivity contribution in [1.29, 1.82) is 0 Å². The fourth-order valence-electron chi connectivity index (χ4n) is 2.66. The molecule has 1 aromatic rings. The Morgan fingerprint density at radius 3 is 2.48 bits per heavy atom. The molecule has 1 aromatic heterocycles. The summed E-state index contributed by atoms with van der Waals surface area (Å²) < 4.78 is 0. The number of hydrogen-bond donors (Lipinski definition) is 2. The minimum atomic E-state index is -0.744. The minimum Gasteiger partial charge on any atom is -0.481 e. The maximum atomic E-state index is 11.8. The van der Waals surface area contributed by atoms with Crippen LogP contribution in [0.5, 0.6) is 0 Å². The number of aromatic nitrogens is 1. The van der Waals surface area contributed by atoms with Crippen LogP contribution in [0.2, 0.25) is 0 Å². The molecule has 2 N–H and O–H groups in total. The van der Waals surface area contributed by atoms with Crippen LogP contribution in [0.25, 0.3) is 0 Å². The lowest BCUT2D eigenvalue weighted by molar-refractivity contribution is -0.147. The summed E-state index contributed by atoms with van der Waals surface area (Å²) in [7, 11) is 3.37. The smallest absolute Gasteiger partial charge is 0.311 e. The standard InChI is InChI=1S/C15H21N3O3/c1-18(2)13(19)11-5-6-12(16-9-11)17-10-15(14(20)21)7-3-4-8-15/h5-6,9H,3-4,7-8,10H2,1-2H3,(H,16,17)(H,20,21). The molecule has 6 heteroatoms. The Hall–Kier alpha value is -2.11. The third kappa shape index (κ3) is 3.32. The Labute approximate surface area is 124 Å². The fraction of sp³-hybridized carbons (Fsp3) is 0.533. The van der Waals surface area contributed by atoms with E-state index < -0.39 is 11.4 Å². The molecule has 1 amide bonds. The Bertz CT molecular complexity index is 519. The molecule has 0 aliphatic heterocycles. The van der Waals surface area contributed by atoms with Gasteiger partial charge < -0.3 is 15.3 Å². The second-order valence-corrected chi connectivity index (χ2v) is 5.78. The average Bonchev–Trinajstić information content (AvgIpc) is 2.95. The van der Waals surface area contributed by atoms with Gasteiger partial charge in [0.15, 0.2) is 0 Å². The molecule has 1 fully saturated rings. The lowest BCUT2D eigenvalue weighted by Crippen LogP contribution is -2.35. The largest absolute Gasteiger partial charge is 0.481 e. The van der Waals surface area contributed by atoms with Crippen LogP contribution in [0.3, 0.4) is 0 Å². The number of hydrogen-bond acceptors (Lipinski definition) is 4. The lowest BCUT2D eigenvalue weighted by atomic mass is 9.86. The van der Waals surface area contributed by atoms with E-state index in [9.17, 15) is 14.7 Å². The van der Waals surface area contributed by atoms with Crippen molar-refractivity contribution in [2.75, 3.05) is 26.0 Å². The highest BCUT2D eigenvalue weighted by Crippen LogP contribution is 2.38. The van der Waals surface area contributed by atoms with Crippen molar-refractivity contribution in [1.82, 2.24) is 9.88 Å². The SMILES string of the molecule is CN(C)C(=O)c1ccc(NCC2(C(=O)O)CCCC2)nc1. The van der Waals surface area contributed by atoms with Gasteiger partial charge in [-0.3, -0.25) is 9.59 Å². The first-order chi connectivity index (χ1) is 9.94. The number of carbonyl (C=O) groups is 2. The Morgan fingerprint density at radius 2 is 2.00 bits per heavy atom. The Balaban J connectivity index is 2.00. The highest BCUT2D eigenvalue weighted by atomic mass is 16.4. The quantitative estimate of drug-likeness (QED) is 0.865. The topological polar surface area (TPSA) is 82.5 Å². The molecule has 21 heavy (non-hydrogen) atoms.